The lowest BCUT2D eigenvalue weighted by atomic mass is 10.1. The van der Waals surface area contributed by atoms with Gasteiger partial charge in [0.1, 0.15) is 12.4 Å². The summed E-state index contributed by atoms with van der Waals surface area (Å²) in [6.45, 7) is 16.9. The van der Waals surface area contributed by atoms with Crippen LogP contribution in [0.15, 0.2) is 24.3 Å². The summed E-state index contributed by atoms with van der Waals surface area (Å²) in [6.07, 6.45) is 10.5. The first-order valence-corrected chi connectivity index (χ1v) is 21.2. The normalized spacial score (nSPS) is 11.4. The van der Waals surface area contributed by atoms with Crippen molar-refractivity contribution in [3.63, 3.8) is 0 Å². The standard InChI is InChI=1S/C42H77NO14/c1-3-4-5-6-7-8-9-10-15-45-16-17-46-18-19-47-20-21-48-22-23-49-24-25-50-26-27-51-28-29-52-30-31-53-32-33-54-34-35-55-36-37-56-38-39-57-42-13-11-41(12-14-42)43-40(2)44/h11-14H,3-10,15-39H2,1-2H3,(H,43,44). The Morgan fingerprint density at radius 1 is 0.368 bits per heavy atom. The Morgan fingerprint density at radius 2 is 0.632 bits per heavy atom. The minimum Gasteiger partial charge on any atom is -0.491 e. The third-order valence-electron chi connectivity index (χ3n) is 7.91. The van der Waals surface area contributed by atoms with Crippen LogP contribution in [0.25, 0.3) is 0 Å². The molecular weight excluding hydrogens is 742 g/mol. The van der Waals surface area contributed by atoms with E-state index in [0.29, 0.717) is 164 Å². The van der Waals surface area contributed by atoms with E-state index in [9.17, 15) is 4.79 Å². The van der Waals surface area contributed by atoms with E-state index in [0.717, 1.165) is 18.7 Å². The lowest BCUT2D eigenvalue weighted by molar-refractivity contribution is -0.114. The molecule has 0 saturated heterocycles. The van der Waals surface area contributed by atoms with E-state index in [1.165, 1.54) is 51.9 Å². The molecule has 0 saturated carbocycles. The predicted octanol–water partition coefficient (Wildman–Crippen LogP) is 5.36. The average Bonchev–Trinajstić information content (AvgIpc) is 3.21. The van der Waals surface area contributed by atoms with Crippen LogP contribution in [-0.2, 0) is 61.6 Å². The Labute approximate surface area is 343 Å². The smallest absolute Gasteiger partial charge is 0.221 e. The molecule has 0 atom stereocenters. The van der Waals surface area contributed by atoms with Gasteiger partial charge in [-0.2, -0.15) is 0 Å². The van der Waals surface area contributed by atoms with E-state index in [1.54, 1.807) is 24.3 Å². The zero-order chi connectivity index (χ0) is 40.8. The molecule has 1 rings (SSSR count). The van der Waals surface area contributed by atoms with Crippen LogP contribution in [0.4, 0.5) is 5.69 Å². The van der Waals surface area contributed by atoms with Crippen LogP contribution >= 0.6 is 0 Å². The number of rotatable bonds is 47. The van der Waals surface area contributed by atoms with Crippen molar-refractivity contribution >= 4 is 11.6 Å². The number of benzene rings is 1. The van der Waals surface area contributed by atoms with Gasteiger partial charge in [0.25, 0.3) is 0 Å². The number of hydrogen-bond acceptors (Lipinski definition) is 14. The summed E-state index contributed by atoms with van der Waals surface area (Å²) in [6, 6.07) is 7.18. The van der Waals surface area contributed by atoms with E-state index < -0.39 is 0 Å². The van der Waals surface area contributed by atoms with Crippen molar-refractivity contribution in [2.24, 2.45) is 0 Å². The number of hydrogen-bond donors (Lipinski definition) is 1. The molecule has 1 aromatic rings. The number of ether oxygens (including phenoxy) is 13. The predicted molar refractivity (Wildman–Crippen MR) is 219 cm³/mol. The van der Waals surface area contributed by atoms with Gasteiger partial charge in [-0.15, -0.1) is 0 Å². The second-order valence-corrected chi connectivity index (χ2v) is 12.9. The molecule has 0 radical (unpaired) electrons. The van der Waals surface area contributed by atoms with Crippen molar-refractivity contribution in [1.82, 2.24) is 0 Å². The molecule has 0 fully saturated rings. The Bertz CT molecular complexity index is 946. The first kappa shape index (κ1) is 53.0. The molecule has 0 aliphatic rings. The maximum atomic E-state index is 11.1. The van der Waals surface area contributed by atoms with Crippen molar-refractivity contribution in [2.75, 3.05) is 170 Å². The van der Waals surface area contributed by atoms with E-state index in [-0.39, 0.29) is 5.91 Å². The highest BCUT2D eigenvalue weighted by Gasteiger charge is 2.00. The summed E-state index contributed by atoms with van der Waals surface area (Å²) >= 11 is 0. The van der Waals surface area contributed by atoms with Gasteiger partial charge in [0.15, 0.2) is 0 Å². The maximum Gasteiger partial charge on any atom is 0.221 e. The highest BCUT2D eigenvalue weighted by Crippen LogP contribution is 2.15. The molecule has 1 N–H and O–H groups in total. The van der Waals surface area contributed by atoms with Crippen LogP contribution < -0.4 is 10.1 Å². The van der Waals surface area contributed by atoms with Gasteiger partial charge in [0.05, 0.1) is 152 Å². The number of carbonyl (C=O) groups excluding carboxylic acids is 1. The third-order valence-corrected chi connectivity index (χ3v) is 7.91. The lowest BCUT2D eigenvalue weighted by Crippen LogP contribution is -2.15. The summed E-state index contributed by atoms with van der Waals surface area (Å²) < 4.78 is 71.9. The molecule has 0 spiro atoms. The van der Waals surface area contributed by atoms with Crippen LogP contribution in [0.2, 0.25) is 0 Å². The molecule has 0 unspecified atom stereocenters. The van der Waals surface area contributed by atoms with Crippen LogP contribution in [0.5, 0.6) is 5.75 Å². The fourth-order valence-corrected chi connectivity index (χ4v) is 4.92. The van der Waals surface area contributed by atoms with Gasteiger partial charge < -0.3 is 66.9 Å². The van der Waals surface area contributed by atoms with Gasteiger partial charge in [-0.25, -0.2) is 0 Å². The minimum absolute atomic E-state index is 0.108. The topological polar surface area (TPSA) is 149 Å². The summed E-state index contributed by atoms with van der Waals surface area (Å²) in [5.41, 5.74) is 0.732. The van der Waals surface area contributed by atoms with Crippen molar-refractivity contribution in [2.45, 2.75) is 65.2 Å². The Morgan fingerprint density at radius 3 is 0.930 bits per heavy atom. The number of amides is 1. The van der Waals surface area contributed by atoms with Crippen molar-refractivity contribution in [3.05, 3.63) is 24.3 Å². The van der Waals surface area contributed by atoms with Crippen LogP contribution in [0.3, 0.4) is 0 Å². The summed E-state index contributed by atoms with van der Waals surface area (Å²) in [5.74, 6) is 0.609. The molecular formula is C42H77NO14. The SMILES string of the molecule is CCCCCCCCCCOCCOCCOCCOCCOCCOCCOCCOCCOCCOCCOCCOCCOc1ccc(NC(C)=O)cc1. The molecule has 1 amide bonds. The Kier molecular flexibility index (Phi) is 42.0. The van der Waals surface area contributed by atoms with Gasteiger partial charge in [-0.3, -0.25) is 4.79 Å². The number of carbonyl (C=O) groups is 1. The van der Waals surface area contributed by atoms with Crippen LogP contribution in [0.1, 0.15) is 65.2 Å². The molecule has 15 heteroatoms. The second kappa shape index (κ2) is 45.1. The van der Waals surface area contributed by atoms with Crippen molar-refractivity contribution in [3.8, 4) is 5.75 Å². The molecule has 0 heterocycles. The first-order chi connectivity index (χ1) is 28.2. The molecule has 0 aromatic heterocycles. The number of anilines is 1. The fraction of sp³-hybridized carbons (Fsp3) is 0.833. The average molecular weight is 820 g/mol. The first-order valence-electron chi connectivity index (χ1n) is 21.2. The quantitative estimate of drug-likeness (QED) is 0.0841. The molecule has 0 aliphatic heterocycles. The number of nitrogens with one attached hydrogen (secondary N) is 1. The zero-order valence-corrected chi connectivity index (χ0v) is 35.4. The molecule has 0 aliphatic carbocycles. The van der Waals surface area contributed by atoms with Crippen molar-refractivity contribution < 1.29 is 66.4 Å². The molecule has 1 aromatic carbocycles. The lowest BCUT2D eigenvalue weighted by Gasteiger charge is -2.09. The van der Waals surface area contributed by atoms with Gasteiger partial charge in [-0.1, -0.05) is 51.9 Å². The number of unbranched alkanes of at least 4 members (excludes halogenated alkanes) is 7. The van der Waals surface area contributed by atoms with E-state index in [2.05, 4.69) is 12.2 Å². The van der Waals surface area contributed by atoms with Gasteiger partial charge in [0.2, 0.25) is 5.91 Å². The van der Waals surface area contributed by atoms with Gasteiger partial charge in [-0.05, 0) is 30.7 Å². The van der Waals surface area contributed by atoms with Crippen LogP contribution in [-0.4, -0.2) is 171 Å². The van der Waals surface area contributed by atoms with E-state index >= 15 is 0 Å². The molecule has 334 valence electrons. The monoisotopic (exact) mass is 820 g/mol. The third kappa shape index (κ3) is 42.0. The summed E-state index contributed by atoms with van der Waals surface area (Å²) in [4.78, 5) is 11.1. The summed E-state index contributed by atoms with van der Waals surface area (Å²) in [7, 11) is 0. The minimum atomic E-state index is -0.108. The molecule has 0 bridgehead atoms. The molecule has 57 heavy (non-hydrogen) atoms. The maximum absolute atomic E-state index is 11.1. The highest BCUT2D eigenvalue weighted by molar-refractivity contribution is 5.88. The Balaban J connectivity index is 1.63. The largest absolute Gasteiger partial charge is 0.491 e. The van der Waals surface area contributed by atoms with E-state index in [4.69, 9.17) is 61.6 Å². The zero-order valence-electron chi connectivity index (χ0n) is 35.4. The van der Waals surface area contributed by atoms with Crippen molar-refractivity contribution in [1.29, 1.82) is 0 Å². The highest BCUT2D eigenvalue weighted by atomic mass is 16.6. The Hall–Kier alpha value is -1.99. The summed E-state index contributed by atoms with van der Waals surface area (Å²) in [5, 5.41) is 2.71. The molecule has 15 nitrogen and oxygen atoms in total. The van der Waals surface area contributed by atoms with E-state index in [1.807, 2.05) is 0 Å². The fourth-order valence-electron chi connectivity index (χ4n) is 4.92. The van der Waals surface area contributed by atoms with Gasteiger partial charge in [0, 0.05) is 19.2 Å². The second-order valence-electron chi connectivity index (χ2n) is 12.9. The van der Waals surface area contributed by atoms with Gasteiger partial charge >= 0.3 is 0 Å². The van der Waals surface area contributed by atoms with Crippen LogP contribution in [0, 0.1) is 0 Å².